The molecule has 0 bridgehead atoms. The Morgan fingerprint density at radius 1 is 1.36 bits per heavy atom. The Labute approximate surface area is 226 Å². The van der Waals surface area contributed by atoms with Gasteiger partial charge in [0.15, 0.2) is 5.91 Å². The van der Waals surface area contributed by atoms with Crippen LogP contribution in [0.4, 0.5) is 6.30 Å². The first-order valence-corrected chi connectivity index (χ1v) is 16.7. The second-order valence-corrected chi connectivity index (χ2v) is 10.1. The summed E-state index contributed by atoms with van der Waals surface area (Å²) in [7, 11) is 5.06. The Morgan fingerprint density at radius 3 is 2.44 bits per heavy atom. The van der Waals surface area contributed by atoms with E-state index in [2.05, 4.69) is 50.3 Å². The van der Waals surface area contributed by atoms with Crippen molar-refractivity contribution in [2.75, 3.05) is 20.7 Å². The number of aryl methyl sites for hydroxylation is 1. The molecule has 0 radical (unpaired) electrons. The minimum atomic E-state index is -5.23. The van der Waals surface area contributed by atoms with E-state index in [0.29, 0.717) is 17.5 Å². The van der Waals surface area contributed by atoms with E-state index in [9.17, 15) is 11.1 Å². The molecule has 0 unspecified atom stereocenters. The van der Waals surface area contributed by atoms with Crippen LogP contribution >= 0.6 is 0 Å². The number of hydrogen-bond acceptors (Lipinski definition) is 4. The van der Waals surface area contributed by atoms with Crippen LogP contribution in [0.2, 0.25) is 0 Å². The Kier molecular flexibility index (Phi) is 14.8. The van der Waals surface area contributed by atoms with Crippen LogP contribution in [0.25, 0.3) is 0 Å². The first-order valence-electron chi connectivity index (χ1n) is 11.9. The number of halogens is 3. The fraction of sp³-hybridized carbons (Fsp3) is 0.500. The Balaban J connectivity index is 0.00000150. The van der Waals surface area contributed by atoms with Crippen molar-refractivity contribution in [2.45, 2.75) is 53.4 Å². The number of hydrogen-bond donors (Lipinski definition) is 0. The summed E-state index contributed by atoms with van der Waals surface area (Å²) >= 11 is -5.23. The fourth-order valence-electron chi connectivity index (χ4n) is 3.39. The second-order valence-electron chi connectivity index (χ2n) is 8.34. The summed E-state index contributed by atoms with van der Waals surface area (Å²) in [5.74, 6) is 0.983. The van der Waals surface area contributed by atoms with Gasteiger partial charge in [-0.1, -0.05) is 32.1 Å². The van der Waals surface area contributed by atoms with Crippen LogP contribution in [-0.4, -0.2) is 47.2 Å². The van der Waals surface area contributed by atoms with Crippen molar-refractivity contribution in [1.29, 1.82) is 0 Å². The van der Waals surface area contributed by atoms with Crippen LogP contribution in [0.1, 0.15) is 63.9 Å². The number of methoxy groups -OCH3 is 1. The van der Waals surface area contributed by atoms with Crippen LogP contribution in [0.5, 0.6) is 0 Å². The second kappa shape index (κ2) is 16.6. The van der Waals surface area contributed by atoms with E-state index in [0.717, 1.165) is 24.1 Å². The Hall–Kier alpha value is -2.05. The molecule has 1 fully saturated rings. The van der Waals surface area contributed by atoms with Gasteiger partial charge in [-0.2, -0.15) is 6.07 Å². The predicted octanol–water partition coefficient (Wildman–Crippen LogP) is 6.53. The zero-order chi connectivity index (χ0) is 27.3. The third-order valence-electron chi connectivity index (χ3n) is 5.53. The summed E-state index contributed by atoms with van der Waals surface area (Å²) in [4.78, 5) is 19.3. The monoisotopic (exact) mass is 732 g/mol. The molecule has 6 nitrogen and oxygen atoms in total. The summed E-state index contributed by atoms with van der Waals surface area (Å²) in [5, 5.41) is 3.96. The first-order chi connectivity index (χ1) is 17.1. The first kappa shape index (κ1) is 32.0. The number of likely N-dealkylation sites (N-methyl/N-ethyl adjacent to an activating group) is 1. The summed E-state index contributed by atoms with van der Waals surface area (Å²) in [5.41, 5.74) is 5.00. The number of carbonyl (C=O) groups is 1. The van der Waals surface area contributed by atoms with E-state index in [1.807, 2.05) is 13.0 Å². The molecular formula is C26H37F3N4O2U-. The maximum absolute atomic E-state index is 12.8. The molecule has 10 heteroatoms. The van der Waals surface area contributed by atoms with Crippen molar-refractivity contribution in [3.8, 4) is 0 Å². The van der Waals surface area contributed by atoms with E-state index in [1.54, 1.807) is 32.2 Å². The average Bonchev–Trinajstić information content (AvgIpc) is 3.59. The summed E-state index contributed by atoms with van der Waals surface area (Å²) in [6.45, 7) is 8.68. The summed E-state index contributed by atoms with van der Waals surface area (Å²) < 4.78 is 36.8. The predicted molar refractivity (Wildman–Crippen MR) is 134 cm³/mol. The van der Waals surface area contributed by atoms with Gasteiger partial charge in [0.05, 0.1) is 19.4 Å². The number of aliphatic imine (C=N–C) groups is 1. The molecular weight excluding hydrogens is 695 g/mol. The maximum atomic E-state index is 12.8. The van der Waals surface area contributed by atoms with Crippen LogP contribution in [0.3, 0.4) is 0 Å². The fourth-order valence-corrected chi connectivity index (χ4v) is 3.39. The number of carbonyl (C=O) groups excluding carboxylic acids is 1. The number of nitrogens with zero attached hydrogens (tertiary/aromatic N) is 4. The molecule has 36 heavy (non-hydrogen) atoms. The van der Waals surface area contributed by atoms with Gasteiger partial charge in [0.1, 0.15) is 0 Å². The van der Waals surface area contributed by atoms with Crippen molar-refractivity contribution in [2.24, 2.45) is 18.0 Å². The molecule has 1 aliphatic carbocycles. The quantitative estimate of drug-likeness (QED) is 0.119. The third-order valence-corrected chi connectivity index (χ3v) is 5.53. The van der Waals surface area contributed by atoms with Crippen LogP contribution < -0.4 is 0 Å². The van der Waals surface area contributed by atoms with Gasteiger partial charge in [0.25, 0.3) is 0 Å². The standard InChI is InChI=1S/C26H37N4O2.3FH.U/c1-8-11-21(20-13-14-20)17-22(12-9-2)25(19(4)10-3)28-24(32-7)18-29(5)26(31)23-15-16-27-30(23)6;;;;/h9,11-12,15,17,20H,8,10,13-14,18H2,1-7H3;3*1H;/q-1;;;;+3/p-3/b12-9-,21-11-,22-17+,25-19?,28-24?;;;;. The SMILES string of the molecule is C\C=C/C(=C\C(=C\CC)C1CC1)C(N=C(CN(C)C(=O)c1c[c-]nn1C)OC)=C(C)CC.[F][U]([F])[F]. The molecule has 1 aromatic heterocycles. The van der Waals surface area contributed by atoms with Gasteiger partial charge in [-0.15, -0.1) is 6.20 Å². The van der Waals surface area contributed by atoms with E-state index >= 15 is 0 Å². The van der Waals surface area contributed by atoms with Gasteiger partial charge in [0, 0.05) is 19.7 Å². The molecule has 1 aromatic rings. The van der Waals surface area contributed by atoms with Crippen molar-refractivity contribution in [3.63, 3.8) is 0 Å². The molecule has 2 rings (SSSR count). The van der Waals surface area contributed by atoms with Gasteiger partial charge in [0.2, 0.25) is 5.90 Å². The topological polar surface area (TPSA) is 59.7 Å². The minimum absolute atomic E-state index is 0.158. The normalized spacial score (nSPS) is 15.3. The van der Waals surface area contributed by atoms with Gasteiger partial charge in [-0.25, -0.2) is 4.99 Å². The van der Waals surface area contributed by atoms with Gasteiger partial charge in [-0.05, 0) is 68.4 Å². The third kappa shape index (κ3) is 10.9. The number of rotatable bonds is 10. The van der Waals surface area contributed by atoms with E-state index in [4.69, 9.17) is 9.73 Å². The molecule has 1 amide bonds. The number of aromatic nitrogens is 2. The number of amides is 1. The van der Waals surface area contributed by atoms with Crippen LogP contribution in [-0.2, 0) is 11.8 Å². The van der Waals surface area contributed by atoms with E-state index in [-0.39, 0.29) is 12.5 Å². The van der Waals surface area contributed by atoms with Gasteiger partial charge >= 0.3 is 34.4 Å². The summed E-state index contributed by atoms with van der Waals surface area (Å²) in [6.07, 6.45) is 15.8. The molecule has 0 atom stereocenters. The van der Waals surface area contributed by atoms with Crippen molar-refractivity contribution < 1.29 is 43.9 Å². The molecule has 199 valence electrons. The Morgan fingerprint density at radius 2 is 2.00 bits per heavy atom. The van der Waals surface area contributed by atoms with Gasteiger partial charge < -0.3 is 19.4 Å². The molecule has 0 saturated heterocycles. The molecule has 0 aliphatic heterocycles. The summed E-state index contributed by atoms with van der Waals surface area (Å²) in [6, 6.07) is 1.58. The molecule has 1 heterocycles. The zero-order valence-electron chi connectivity index (χ0n) is 22.2. The van der Waals surface area contributed by atoms with Crippen LogP contribution in [0.15, 0.2) is 57.8 Å². The van der Waals surface area contributed by atoms with E-state index < -0.39 is 28.1 Å². The molecule has 0 spiro atoms. The molecule has 1 aliphatic rings. The van der Waals surface area contributed by atoms with Gasteiger partial charge in [-0.3, -0.25) is 4.79 Å². The average molecular weight is 733 g/mol. The van der Waals surface area contributed by atoms with Crippen molar-refractivity contribution >= 4 is 11.8 Å². The molecule has 0 aromatic carbocycles. The number of allylic oxidation sites excluding steroid dienone is 6. The molecule has 1 saturated carbocycles. The number of ether oxygens (including phenoxy) is 1. The molecule has 0 N–H and O–H groups in total. The van der Waals surface area contributed by atoms with E-state index in [1.165, 1.54) is 28.7 Å². The van der Waals surface area contributed by atoms with Crippen molar-refractivity contribution in [3.05, 3.63) is 64.7 Å². The Bertz CT molecular complexity index is 1010. The van der Waals surface area contributed by atoms with Crippen LogP contribution in [0, 0.1) is 40.2 Å². The zero-order valence-corrected chi connectivity index (χ0v) is 26.4. The van der Waals surface area contributed by atoms with Crippen molar-refractivity contribution in [1.82, 2.24) is 14.7 Å².